The fourth-order valence-electron chi connectivity index (χ4n) is 2.47. The van der Waals surface area contributed by atoms with Gasteiger partial charge in [-0.25, -0.2) is 0 Å². The Morgan fingerprint density at radius 3 is 3.04 bits per heavy atom. The van der Waals surface area contributed by atoms with E-state index in [1.54, 1.807) is 11.3 Å². The summed E-state index contributed by atoms with van der Waals surface area (Å²) < 4.78 is 21.2. The maximum atomic E-state index is 11.9. The van der Waals surface area contributed by atoms with E-state index < -0.39 is 0 Å². The average Bonchev–Trinajstić information content (AvgIpc) is 3.39. The van der Waals surface area contributed by atoms with Crippen LogP contribution in [0.15, 0.2) is 46.3 Å². The summed E-state index contributed by atoms with van der Waals surface area (Å²) in [7, 11) is 0. The zero-order valence-electron chi connectivity index (χ0n) is 13.8. The first-order valence-electron chi connectivity index (χ1n) is 8.00. The molecule has 1 aliphatic rings. The Morgan fingerprint density at radius 2 is 2.15 bits per heavy atom. The number of nitrogens with zero attached hydrogens (tertiary/aromatic N) is 1. The highest BCUT2D eigenvalue weighted by Crippen LogP contribution is 2.32. The number of fused-ring (bicyclic) bond motifs is 1. The van der Waals surface area contributed by atoms with Crippen LogP contribution in [0.2, 0.25) is 0 Å². The van der Waals surface area contributed by atoms with E-state index in [0.29, 0.717) is 23.7 Å². The van der Waals surface area contributed by atoms with Gasteiger partial charge in [0.25, 0.3) is 0 Å². The lowest BCUT2D eigenvalue weighted by molar-refractivity contribution is -0.126. The van der Waals surface area contributed by atoms with Gasteiger partial charge in [-0.3, -0.25) is 4.79 Å². The maximum absolute atomic E-state index is 11.9. The number of hydrogen-bond donors (Lipinski definition) is 1. The lowest BCUT2D eigenvalue weighted by Gasteiger charge is -2.06. The molecule has 26 heavy (non-hydrogen) atoms. The third-order valence-corrected chi connectivity index (χ3v) is 4.62. The number of nitrogens with one attached hydrogen (secondary N) is 1. The predicted octanol–water partition coefficient (Wildman–Crippen LogP) is 2.96. The van der Waals surface area contributed by atoms with Crippen LogP contribution in [-0.2, 0) is 22.7 Å². The van der Waals surface area contributed by atoms with Crippen LogP contribution < -0.4 is 14.8 Å². The van der Waals surface area contributed by atoms with Gasteiger partial charge in [-0.1, -0.05) is 17.3 Å². The van der Waals surface area contributed by atoms with Gasteiger partial charge in [0.1, 0.15) is 12.3 Å². The molecule has 3 aromatic rings. The number of rotatable bonds is 7. The Balaban J connectivity index is 1.21. The zero-order chi connectivity index (χ0) is 17.8. The minimum absolute atomic E-state index is 0.0499. The molecule has 0 saturated heterocycles. The van der Waals surface area contributed by atoms with Crippen molar-refractivity contribution < 1.29 is 23.5 Å². The molecule has 1 aromatic carbocycles. The third-order valence-electron chi connectivity index (χ3n) is 3.73. The van der Waals surface area contributed by atoms with E-state index >= 15 is 0 Å². The molecule has 0 radical (unpaired) electrons. The van der Waals surface area contributed by atoms with Gasteiger partial charge < -0.3 is 24.1 Å². The summed E-state index contributed by atoms with van der Waals surface area (Å²) in [6, 6.07) is 11.3. The van der Waals surface area contributed by atoms with Crippen LogP contribution in [0.25, 0.3) is 10.6 Å². The van der Waals surface area contributed by atoms with Crippen LogP contribution in [0, 0.1) is 0 Å². The van der Waals surface area contributed by atoms with Gasteiger partial charge in [0, 0.05) is 12.6 Å². The normalized spacial score (nSPS) is 12.3. The first-order chi connectivity index (χ1) is 12.8. The number of carbonyl (C=O) groups is 1. The van der Waals surface area contributed by atoms with Gasteiger partial charge in [-0.15, -0.1) is 11.3 Å². The number of thiophene rings is 1. The molecule has 1 amide bonds. The Kier molecular flexibility index (Phi) is 4.85. The molecule has 1 aliphatic heterocycles. The van der Waals surface area contributed by atoms with Crippen molar-refractivity contribution in [2.24, 2.45) is 0 Å². The summed E-state index contributed by atoms with van der Waals surface area (Å²) in [5.41, 5.74) is 1.58. The van der Waals surface area contributed by atoms with Crippen molar-refractivity contribution in [3.63, 3.8) is 0 Å². The van der Waals surface area contributed by atoms with Crippen molar-refractivity contribution in [1.82, 2.24) is 10.5 Å². The van der Waals surface area contributed by atoms with Crippen LogP contribution in [0.4, 0.5) is 0 Å². The quantitative estimate of drug-likeness (QED) is 0.687. The second-order valence-electron chi connectivity index (χ2n) is 5.62. The summed E-state index contributed by atoms with van der Waals surface area (Å²) in [5.74, 6) is 1.91. The predicted molar refractivity (Wildman–Crippen MR) is 93.9 cm³/mol. The average molecular weight is 372 g/mol. The number of amides is 1. The van der Waals surface area contributed by atoms with Gasteiger partial charge in [0.05, 0.1) is 11.5 Å². The number of carbonyl (C=O) groups excluding carboxylic acids is 1. The Hall–Kier alpha value is -2.84. The molecule has 0 unspecified atom stereocenters. The lowest BCUT2D eigenvalue weighted by Crippen LogP contribution is -2.27. The Labute approximate surface area is 153 Å². The molecule has 3 heterocycles. The van der Waals surface area contributed by atoms with Crippen molar-refractivity contribution >= 4 is 17.2 Å². The summed E-state index contributed by atoms with van der Waals surface area (Å²) in [4.78, 5) is 12.9. The number of hydrogen-bond acceptors (Lipinski definition) is 7. The minimum atomic E-state index is -0.204. The van der Waals surface area contributed by atoms with E-state index in [0.717, 1.165) is 16.2 Å². The van der Waals surface area contributed by atoms with Crippen molar-refractivity contribution in [3.05, 3.63) is 53.0 Å². The third kappa shape index (κ3) is 3.87. The molecule has 0 fully saturated rings. The highest BCUT2D eigenvalue weighted by molar-refractivity contribution is 7.13. The van der Waals surface area contributed by atoms with E-state index in [-0.39, 0.29) is 25.9 Å². The summed E-state index contributed by atoms with van der Waals surface area (Å²) >= 11 is 1.57. The molecule has 8 heteroatoms. The fourth-order valence-corrected chi connectivity index (χ4v) is 3.14. The summed E-state index contributed by atoms with van der Waals surface area (Å²) in [6.07, 6.45) is 0. The first kappa shape index (κ1) is 16.6. The number of aromatic nitrogens is 1. The van der Waals surface area contributed by atoms with Gasteiger partial charge in [-0.2, -0.15) is 0 Å². The molecule has 0 atom stereocenters. The van der Waals surface area contributed by atoms with Crippen LogP contribution in [-0.4, -0.2) is 24.5 Å². The Bertz CT molecular complexity index is 891. The number of benzene rings is 1. The van der Waals surface area contributed by atoms with E-state index in [1.807, 2.05) is 41.8 Å². The van der Waals surface area contributed by atoms with Gasteiger partial charge in [-0.05, 0) is 29.1 Å². The van der Waals surface area contributed by atoms with Crippen LogP contribution >= 0.6 is 11.3 Å². The Morgan fingerprint density at radius 1 is 1.23 bits per heavy atom. The molecule has 2 aromatic heterocycles. The van der Waals surface area contributed by atoms with Crippen molar-refractivity contribution in [2.75, 3.05) is 13.4 Å². The monoisotopic (exact) mass is 372 g/mol. The topological polar surface area (TPSA) is 82.8 Å². The van der Waals surface area contributed by atoms with Crippen LogP contribution in [0.3, 0.4) is 0 Å². The van der Waals surface area contributed by atoms with Gasteiger partial charge >= 0.3 is 0 Å². The molecule has 1 N–H and O–H groups in total. The molecule has 4 rings (SSSR count). The summed E-state index contributed by atoms with van der Waals surface area (Å²) in [5, 5.41) is 8.72. The molecular weight excluding hydrogens is 356 g/mol. The van der Waals surface area contributed by atoms with Crippen molar-refractivity contribution in [3.8, 4) is 22.1 Å². The molecule has 0 aliphatic carbocycles. The highest BCUT2D eigenvalue weighted by atomic mass is 32.1. The first-order valence-corrected chi connectivity index (χ1v) is 8.88. The van der Waals surface area contributed by atoms with E-state index in [4.69, 9.17) is 18.7 Å². The maximum Gasteiger partial charge on any atom is 0.246 e. The highest BCUT2D eigenvalue weighted by Gasteiger charge is 2.13. The van der Waals surface area contributed by atoms with Crippen LogP contribution in [0.5, 0.6) is 11.5 Å². The molecule has 0 saturated carbocycles. The molecule has 0 spiro atoms. The molecule has 7 nitrogen and oxygen atoms in total. The lowest BCUT2D eigenvalue weighted by atomic mass is 10.2. The zero-order valence-corrected chi connectivity index (χ0v) is 14.6. The second kappa shape index (κ2) is 7.59. The largest absolute Gasteiger partial charge is 0.454 e. The van der Waals surface area contributed by atoms with Crippen molar-refractivity contribution in [1.29, 1.82) is 0 Å². The number of ether oxygens (including phenoxy) is 3. The molecule has 0 bridgehead atoms. The fraction of sp³-hybridized carbons (Fsp3) is 0.222. The molecule has 134 valence electrons. The molecular formula is C18H16N2O5S. The SMILES string of the molecule is O=C(COCc1cc(-c2cccs2)on1)NCc1ccc2c(c1)OCO2. The standard InChI is InChI=1S/C18H16N2O5S/c21-18(19-8-12-3-4-14-15(6-12)24-11-23-14)10-22-9-13-7-16(25-20-13)17-2-1-5-26-17/h1-7H,8-11H2,(H,19,21). The van der Waals surface area contributed by atoms with E-state index in [9.17, 15) is 4.79 Å². The van der Waals surface area contributed by atoms with Gasteiger partial charge in [0.15, 0.2) is 17.3 Å². The van der Waals surface area contributed by atoms with E-state index in [1.165, 1.54) is 0 Å². The van der Waals surface area contributed by atoms with Gasteiger partial charge in [0.2, 0.25) is 12.7 Å². The van der Waals surface area contributed by atoms with Crippen molar-refractivity contribution in [2.45, 2.75) is 13.2 Å². The minimum Gasteiger partial charge on any atom is -0.454 e. The van der Waals surface area contributed by atoms with E-state index in [2.05, 4.69) is 10.5 Å². The smallest absolute Gasteiger partial charge is 0.246 e. The second-order valence-corrected chi connectivity index (χ2v) is 6.56. The summed E-state index contributed by atoms with van der Waals surface area (Å²) in [6.45, 7) is 0.790. The van der Waals surface area contributed by atoms with Crippen LogP contribution in [0.1, 0.15) is 11.3 Å².